The van der Waals surface area contributed by atoms with Crippen LogP contribution in [-0.2, 0) is 4.79 Å². The number of amides is 2. The van der Waals surface area contributed by atoms with Crippen LogP contribution in [0.25, 0.3) is 0 Å². The molecule has 0 aliphatic heterocycles. The van der Waals surface area contributed by atoms with Crippen molar-refractivity contribution in [1.82, 2.24) is 4.90 Å². The second-order valence-electron chi connectivity index (χ2n) is 5.32. The second-order valence-corrected chi connectivity index (χ2v) is 5.32. The van der Waals surface area contributed by atoms with Gasteiger partial charge in [0.25, 0.3) is 5.91 Å². The third-order valence-corrected chi connectivity index (χ3v) is 2.61. The average molecular weight is 247 g/mol. The molecule has 0 fully saturated rings. The molecule has 1 aromatic carbocycles. The van der Waals surface area contributed by atoms with Gasteiger partial charge in [-0.3, -0.25) is 14.5 Å². The van der Waals surface area contributed by atoms with Crippen molar-refractivity contribution in [3.8, 4) is 0 Å². The fourth-order valence-corrected chi connectivity index (χ4v) is 1.83. The Kier molecular flexibility index (Phi) is 4.65. The van der Waals surface area contributed by atoms with Crippen molar-refractivity contribution in [2.45, 2.75) is 46.1 Å². The molecule has 0 saturated carbocycles. The Balaban J connectivity index is 3.05. The van der Waals surface area contributed by atoms with Gasteiger partial charge < -0.3 is 0 Å². The van der Waals surface area contributed by atoms with Crippen molar-refractivity contribution in [2.75, 3.05) is 0 Å². The highest BCUT2D eigenvalue weighted by molar-refractivity contribution is 6.05. The minimum Gasteiger partial charge on any atom is -0.274 e. The van der Waals surface area contributed by atoms with E-state index in [0.29, 0.717) is 12.0 Å². The van der Waals surface area contributed by atoms with Gasteiger partial charge >= 0.3 is 0 Å². The lowest BCUT2D eigenvalue weighted by atomic mass is 10.0. The van der Waals surface area contributed by atoms with E-state index in [1.54, 1.807) is 24.3 Å². The van der Waals surface area contributed by atoms with E-state index in [4.69, 9.17) is 0 Å². The quantitative estimate of drug-likeness (QED) is 0.822. The lowest BCUT2D eigenvalue weighted by Gasteiger charge is -2.34. The highest BCUT2D eigenvalue weighted by Crippen LogP contribution is 2.19. The predicted molar refractivity (Wildman–Crippen MR) is 72.3 cm³/mol. The molecule has 3 heteroatoms. The highest BCUT2D eigenvalue weighted by atomic mass is 16.2. The summed E-state index contributed by atoms with van der Waals surface area (Å²) in [6.45, 7) is 7.57. The summed E-state index contributed by atoms with van der Waals surface area (Å²) in [5.41, 5.74) is 0.0518. The molecule has 0 spiro atoms. The Morgan fingerprint density at radius 3 is 2.11 bits per heavy atom. The fraction of sp³-hybridized carbons (Fsp3) is 0.467. The zero-order valence-corrected chi connectivity index (χ0v) is 11.6. The molecule has 0 aromatic heterocycles. The molecule has 0 heterocycles. The van der Waals surface area contributed by atoms with E-state index in [2.05, 4.69) is 0 Å². The van der Waals surface area contributed by atoms with Gasteiger partial charge in [0.15, 0.2) is 0 Å². The zero-order valence-electron chi connectivity index (χ0n) is 11.6. The van der Waals surface area contributed by atoms with Crippen molar-refractivity contribution in [2.24, 2.45) is 0 Å². The maximum atomic E-state index is 12.4. The molecule has 0 unspecified atom stereocenters. The Bertz CT molecular complexity index is 418. The van der Waals surface area contributed by atoms with Crippen molar-refractivity contribution >= 4 is 11.8 Å². The number of rotatable bonds is 3. The summed E-state index contributed by atoms with van der Waals surface area (Å²) in [6, 6.07) is 8.93. The highest BCUT2D eigenvalue weighted by Gasteiger charge is 2.32. The summed E-state index contributed by atoms with van der Waals surface area (Å²) >= 11 is 0. The largest absolute Gasteiger partial charge is 0.274 e. The van der Waals surface area contributed by atoms with Gasteiger partial charge in [-0.25, -0.2) is 0 Å². The van der Waals surface area contributed by atoms with Crippen LogP contribution >= 0.6 is 0 Å². The van der Waals surface area contributed by atoms with E-state index in [9.17, 15) is 9.59 Å². The van der Waals surface area contributed by atoms with Gasteiger partial charge in [-0.05, 0) is 39.3 Å². The van der Waals surface area contributed by atoms with Gasteiger partial charge in [0, 0.05) is 17.5 Å². The Hall–Kier alpha value is -1.64. The van der Waals surface area contributed by atoms with E-state index < -0.39 is 5.54 Å². The van der Waals surface area contributed by atoms with Crippen molar-refractivity contribution < 1.29 is 9.59 Å². The summed E-state index contributed by atoms with van der Waals surface area (Å²) in [5, 5.41) is 0. The van der Waals surface area contributed by atoms with Gasteiger partial charge in [-0.2, -0.15) is 0 Å². The van der Waals surface area contributed by atoms with Crippen LogP contribution in [0.1, 0.15) is 50.9 Å². The fourth-order valence-electron chi connectivity index (χ4n) is 1.83. The minimum absolute atomic E-state index is 0.112. The number of hydrogen-bond donors (Lipinski definition) is 0. The molecular formula is C15H21NO2. The van der Waals surface area contributed by atoms with Crippen LogP contribution in [0, 0.1) is 0 Å². The van der Waals surface area contributed by atoms with Crippen LogP contribution < -0.4 is 0 Å². The van der Waals surface area contributed by atoms with Gasteiger partial charge in [-0.1, -0.05) is 25.1 Å². The molecule has 0 bridgehead atoms. The van der Waals surface area contributed by atoms with Crippen LogP contribution in [0.2, 0.25) is 0 Å². The predicted octanol–water partition coefficient (Wildman–Crippen LogP) is 3.25. The SMILES string of the molecule is CCCC(=O)N(C(=O)c1ccccc1)C(C)(C)C. The maximum absolute atomic E-state index is 12.4. The average Bonchev–Trinajstić information content (AvgIpc) is 2.28. The first-order valence-electron chi connectivity index (χ1n) is 6.30. The number of nitrogens with zero attached hydrogens (tertiary/aromatic N) is 1. The third kappa shape index (κ3) is 3.42. The maximum Gasteiger partial charge on any atom is 0.260 e. The van der Waals surface area contributed by atoms with Gasteiger partial charge in [0.2, 0.25) is 5.91 Å². The number of carbonyl (C=O) groups excluding carboxylic acids is 2. The monoisotopic (exact) mass is 247 g/mol. The first-order valence-corrected chi connectivity index (χ1v) is 6.30. The van der Waals surface area contributed by atoms with Crippen LogP contribution in [0.15, 0.2) is 30.3 Å². The smallest absolute Gasteiger partial charge is 0.260 e. The molecule has 0 aliphatic rings. The summed E-state index contributed by atoms with van der Waals surface area (Å²) in [7, 11) is 0. The van der Waals surface area contributed by atoms with Crippen LogP contribution in [-0.4, -0.2) is 22.3 Å². The number of benzene rings is 1. The lowest BCUT2D eigenvalue weighted by molar-refractivity contribution is -0.132. The van der Waals surface area contributed by atoms with Crippen molar-refractivity contribution in [3.63, 3.8) is 0 Å². The van der Waals surface area contributed by atoms with Crippen molar-refractivity contribution in [1.29, 1.82) is 0 Å². The summed E-state index contributed by atoms with van der Waals surface area (Å²) in [6.07, 6.45) is 1.14. The van der Waals surface area contributed by atoms with Crippen LogP contribution in [0.5, 0.6) is 0 Å². The molecular weight excluding hydrogens is 226 g/mol. The molecule has 2 amide bonds. The summed E-state index contributed by atoms with van der Waals surface area (Å²) in [5.74, 6) is -0.333. The first-order chi connectivity index (χ1) is 8.38. The molecule has 1 aromatic rings. The van der Waals surface area contributed by atoms with Crippen LogP contribution in [0.4, 0.5) is 0 Å². The molecule has 98 valence electrons. The van der Waals surface area contributed by atoms with E-state index in [0.717, 1.165) is 6.42 Å². The summed E-state index contributed by atoms with van der Waals surface area (Å²) < 4.78 is 0. The molecule has 1 rings (SSSR count). The molecule has 0 saturated heterocycles. The molecule has 0 atom stereocenters. The van der Waals surface area contributed by atoms with Gasteiger partial charge in [0.1, 0.15) is 0 Å². The topological polar surface area (TPSA) is 37.4 Å². The number of hydrogen-bond acceptors (Lipinski definition) is 2. The Morgan fingerprint density at radius 1 is 1.11 bits per heavy atom. The molecule has 3 nitrogen and oxygen atoms in total. The van der Waals surface area contributed by atoms with E-state index >= 15 is 0 Å². The third-order valence-electron chi connectivity index (χ3n) is 2.61. The molecule has 18 heavy (non-hydrogen) atoms. The van der Waals surface area contributed by atoms with Gasteiger partial charge in [-0.15, -0.1) is 0 Å². The standard InChI is InChI=1S/C15H21NO2/c1-5-9-13(17)16(15(2,3)4)14(18)12-10-7-6-8-11-12/h6-8,10-11H,5,9H2,1-4H3. The first kappa shape index (κ1) is 14.4. The Morgan fingerprint density at radius 2 is 1.67 bits per heavy atom. The van der Waals surface area contributed by atoms with Gasteiger partial charge in [0.05, 0.1) is 0 Å². The number of carbonyl (C=O) groups is 2. The van der Waals surface area contributed by atoms with E-state index in [-0.39, 0.29) is 11.8 Å². The van der Waals surface area contributed by atoms with E-state index in [1.807, 2.05) is 33.8 Å². The Labute approximate surface area is 109 Å². The molecule has 0 radical (unpaired) electrons. The molecule has 0 N–H and O–H groups in total. The zero-order chi connectivity index (χ0) is 13.8. The van der Waals surface area contributed by atoms with E-state index in [1.165, 1.54) is 4.90 Å². The summed E-state index contributed by atoms with van der Waals surface area (Å²) in [4.78, 5) is 25.9. The normalized spacial score (nSPS) is 11.1. The molecule has 0 aliphatic carbocycles. The van der Waals surface area contributed by atoms with Crippen molar-refractivity contribution in [3.05, 3.63) is 35.9 Å². The minimum atomic E-state index is -0.501. The lowest BCUT2D eigenvalue weighted by Crippen LogP contribution is -2.49. The number of imide groups is 1. The second kappa shape index (κ2) is 5.80. The van der Waals surface area contributed by atoms with Crippen LogP contribution in [0.3, 0.4) is 0 Å².